The minimum absolute atomic E-state index is 0.576. The minimum atomic E-state index is 0.576. The Balaban J connectivity index is 1.78. The highest BCUT2D eigenvalue weighted by Crippen LogP contribution is 2.08. The van der Waals surface area contributed by atoms with Crippen molar-refractivity contribution in [1.82, 2.24) is 10.2 Å². The molecule has 96 valence electrons. The fraction of sp³-hybridized carbons (Fsp3) is 0.500. The van der Waals surface area contributed by atoms with E-state index in [1.165, 1.54) is 5.56 Å². The summed E-state index contributed by atoms with van der Waals surface area (Å²) in [4.78, 5) is 2.53. The van der Waals surface area contributed by atoms with Gasteiger partial charge in [0.15, 0.2) is 0 Å². The molecule has 1 heterocycles. The summed E-state index contributed by atoms with van der Waals surface area (Å²) in [5.74, 6) is 2.72. The van der Waals surface area contributed by atoms with Crippen molar-refractivity contribution >= 4 is 0 Å². The molecule has 0 amide bonds. The molecular formula is C16H22N2. The zero-order chi connectivity index (χ0) is 12.6. The van der Waals surface area contributed by atoms with Gasteiger partial charge in [0.1, 0.15) is 0 Å². The molecule has 1 saturated heterocycles. The van der Waals surface area contributed by atoms with Crippen molar-refractivity contribution in [2.24, 2.45) is 0 Å². The molecule has 0 aromatic heterocycles. The van der Waals surface area contributed by atoms with Crippen molar-refractivity contribution in [2.75, 3.05) is 26.2 Å². The largest absolute Gasteiger partial charge is 0.311 e. The van der Waals surface area contributed by atoms with Crippen molar-refractivity contribution in [3.05, 3.63) is 35.9 Å². The van der Waals surface area contributed by atoms with Crippen LogP contribution in [-0.2, 0) is 6.42 Å². The van der Waals surface area contributed by atoms with E-state index in [4.69, 9.17) is 6.42 Å². The molecular weight excluding hydrogens is 220 g/mol. The van der Waals surface area contributed by atoms with Crippen molar-refractivity contribution < 1.29 is 0 Å². The van der Waals surface area contributed by atoms with Gasteiger partial charge in [0.25, 0.3) is 0 Å². The summed E-state index contributed by atoms with van der Waals surface area (Å²) in [5, 5.41) is 3.61. The lowest BCUT2D eigenvalue weighted by molar-refractivity contribution is 0.198. The van der Waals surface area contributed by atoms with Gasteiger partial charge in [-0.2, -0.15) is 0 Å². The number of piperazine rings is 1. The normalized spacial score (nSPS) is 20.5. The smallest absolute Gasteiger partial charge is 0.0235 e. The summed E-state index contributed by atoms with van der Waals surface area (Å²) in [6.07, 6.45) is 8.43. The average molecular weight is 242 g/mol. The Morgan fingerprint density at radius 1 is 1.33 bits per heavy atom. The Hall–Kier alpha value is -1.30. The van der Waals surface area contributed by atoms with Crippen LogP contribution >= 0.6 is 0 Å². The molecule has 1 aromatic rings. The van der Waals surface area contributed by atoms with E-state index in [2.05, 4.69) is 46.5 Å². The second-order valence-corrected chi connectivity index (χ2v) is 4.95. The molecule has 1 N–H and O–H groups in total. The van der Waals surface area contributed by atoms with Gasteiger partial charge >= 0.3 is 0 Å². The summed E-state index contributed by atoms with van der Waals surface area (Å²) in [5.41, 5.74) is 1.42. The van der Waals surface area contributed by atoms with Crippen LogP contribution < -0.4 is 5.32 Å². The first-order chi connectivity index (χ1) is 8.88. The maximum Gasteiger partial charge on any atom is 0.0235 e. The van der Waals surface area contributed by atoms with Gasteiger partial charge in [-0.05, 0) is 24.9 Å². The summed E-state index contributed by atoms with van der Waals surface area (Å²) >= 11 is 0. The third-order valence-electron chi connectivity index (χ3n) is 3.46. The molecule has 0 radical (unpaired) electrons. The van der Waals surface area contributed by atoms with Crippen LogP contribution in [0.4, 0.5) is 0 Å². The number of nitrogens with zero attached hydrogens (tertiary/aromatic N) is 1. The Morgan fingerprint density at radius 2 is 2.17 bits per heavy atom. The molecule has 0 spiro atoms. The lowest BCUT2D eigenvalue weighted by atomic mass is 10.0. The van der Waals surface area contributed by atoms with Crippen LogP contribution in [0.15, 0.2) is 30.3 Å². The molecule has 1 unspecified atom stereocenters. The summed E-state index contributed by atoms with van der Waals surface area (Å²) < 4.78 is 0. The van der Waals surface area contributed by atoms with Crippen molar-refractivity contribution in [3.8, 4) is 12.3 Å². The van der Waals surface area contributed by atoms with Crippen molar-refractivity contribution in [3.63, 3.8) is 0 Å². The molecule has 1 atom stereocenters. The zero-order valence-corrected chi connectivity index (χ0v) is 10.9. The van der Waals surface area contributed by atoms with Crippen LogP contribution in [0, 0.1) is 12.3 Å². The highest BCUT2D eigenvalue weighted by molar-refractivity contribution is 5.16. The predicted octanol–water partition coefficient (Wildman–Crippen LogP) is 1.92. The Labute approximate surface area is 110 Å². The van der Waals surface area contributed by atoms with Gasteiger partial charge in [0.05, 0.1) is 0 Å². The van der Waals surface area contributed by atoms with Crippen molar-refractivity contribution in [1.29, 1.82) is 0 Å². The maximum atomic E-state index is 5.29. The predicted molar refractivity (Wildman–Crippen MR) is 76.4 cm³/mol. The van der Waals surface area contributed by atoms with Gasteiger partial charge in [0, 0.05) is 32.1 Å². The molecule has 0 aliphatic carbocycles. The molecule has 18 heavy (non-hydrogen) atoms. The monoisotopic (exact) mass is 242 g/mol. The summed E-state index contributed by atoms with van der Waals surface area (Å²) in [7, 11) is 0. The van der Waals surface area contributed by atoms with E-state index in [1.54, 1.807) is 0 Å². The molecule has 0 bridgehead atoms. The maximum absolute atomic E-state index is 5.29. The SMILES string of the molecule is C#CCCCN1CCNC(Cc2ccccc2)C1. The number of nitrogens with one attached hydrogen (secondary N) is 1. The first kappa shape index (κ1) is 13.1. The van der Waals surface area contributed by atoms with E-state index >= 15 is 0 Å². The quantitative estimate of drug-likeness (QED) is 0.627. The van der Waals surface area contributed by atoms with E-state index in [-0.39, 0.29) is 0 Å². The first-order valence-electron chi connectivity index (χ1n) is 6.81. The Morgan fingerprint density at radius 3 is 2.94 bits per heavy atom. The van der Waals surface area contributed by atoms with E-state index in [0.29, 0.717) is 6.04 Å². The van der Waals surface area contributed by atoms with Gasteiger partial charge in [-0.1, -0.05) is 30.3 Å². The molecule has 0 saturated carbocycles. The van der Waals surface area contributed by atoms with Gasteiger partial charge in [-0.3, -0.25) is 0 Å². The van der Waals surface area contributed by atoms with Crippen LogP contribution in [-0.4, -0.2) is 37.1 Å². The fourth-order valence-electron chi connectivity index (χ4n) is 2.54. The number of rotatable bonds is 5. The summed E-state index contributed by atoms with van der Waals surface area (Å²) in [6, 6.07) is 11.3. The van der Waals surface area contributed by atoms with Gasteiger partial charge in [-0.25, -0.2) is 0 Å². The Bertz CT molecular complexity index is 380. The highest BCUT2D eigenvalue weighted by Gasteiger charge is 2.18. The third kappa shape index (κ3) is 4.18. The van der Waals surface area contributed by atoms with Crippen LogP contribution in [0.25, 0.3) is 0 Å². The van der Waals surface area contributed by atoms with Gasteiger partial charge in [-0.15, -0.1) is 12.3 Å². The van der Waals surface area contributed by atoms with E-state index in [1.807, 2.05) is 0 Å². The lowest BCUT2D eigenvalue weighted by Crippen LogP contribution is -2.51. The van der Waals surface area contributed by atoms with Gasteiger partial charge < -0.3 is 10.2 Å². The highest BCUT2D eigenvalue weighted by atomic mass is 15.2. The van der Waals surface area contributed by atoms with Crippen LogP contribution in [0.5, 0.6) is 0 Å². The molecule has 1 aliphatic heterocycles. The lowest BCUT2D eigenvalue weighted by Gasteiger charge is -2.33. The number of terminal acetylenes is 1. The third-order valence-corrected chi connectivity index (χ3v) is 3.46. The number of hydrogen-bond acceptors (Lipinski definition) is 2. The topological polar surface area (TPSA) is 15.3 Å². The first-order valence-corrected chi connectivity index (χ1v) is 6.81. The second kappa shape index (κ2) is 7.20. The standard InChI is InChI=1S/C16H22N2/c1-2-3-7-11-18-12-10-17-16(14-18)13-15-8-5-4-6-9-15/h1,4-6,8-9,16-17H,3,7,10-14H2. The molecule has 1 aliphatic rings. The second-order valence-electron chi connectivity index (χ2n) is 4.95. The van der Waals surface area contributed by atoms with Crippen LogP contribution in [0.2, 0.25) is 0 Å². The average Bonchev–Trinajstić information content (AvgIpc) is 2.41. The fourth-order valence-corrected chi connectivity index (χ4v) is 2.54. The van der Waals surface area contributed by atoms with Crippen LogP contribution in [0.1, 0.15) is 18.4 Å². The molecule has 2 heteroatoms. The number of unbranched alkanes of at least 4 members (excludes halogenated alkanes) is 1. The van der Waals surface area contributed by atoms with Gasteiger partial charge in [0.2, 0.25) is 0 Å². The molecule has 1 fully saturated rings. The van der Waals surface area contributed by atoms with E-state index in [0.717, 1.165) is 45.4 Å². The Kier molecular flexibility index (Phi) is 5.26. The van der Waals surface area contributed by atoms with Crippen molar-refractivity contribution in [2.45, 2.75) is 25.3 Å². The molecule has 2 rings (SSSR count). The summed E-state index contributed by atoms with van der Waals surface area (Å²) in [6.45, 7) is 4.51. The number of benzene rings is 1. The van der Waals surface area contributed by atoms with E-state index in [9.17, 15) is 0 Å². The molecule has 2 nitrogen and oxygen atoms in total. The number of hydrogen-bond donors (Lipinski definition) is 1. The minimum Gasteiger partial charge on any atom is -0.311 e. The van der Waals surface area contributed by atoms with Crippen LogP contribution in [0.3, 0.4) is 0 Å². The van der Waals surface area contributed by atoms with E-state index < -0.39 is 0 Å². The zero-order valence-electron chi connectivity index (χ0n) is 10.9. The molecule has 1 aromatic carbocycles.